The molecule has 0 bridgehead atoms. The smallest absolute Gasteiger partial charge is 0.417 e. The largest absolute Gasteiger partial charge is 0.507 e. The molecule has 3 N–H and O–H groups in total. The number of phenols is 1. The van der Waals surface area contributed by atoms with Crippen LogP contribution < -0.4 is 24.8 Å². The van der Waals surface area contributed by atoms with Crippen molar-refractivity contribution in [2.45, 2.75) is 19.3 Å². The number of nitrogens with one attached hydrogen (secondary N) is 2. The van der Waals surface area contributed by atoms with E-state index < -0.39 is 12.0 Å². The number of para-hydroxylation sites is 2. The average Bonchev–Trinajstić information content (AvgIpc) is 2.99. The van der Waals surface area contributed by atoms with Crippen molar-refractivity contribution in [3.05, 3.63) is 113 Å². The van der Waals surface area contributed by atoms with Gasteiger partial charge >= 0.3 is 6.09 Å². The topological polar surface area (TPSA) is 123 Å². The van der Waals surface area contributed by atoms with Gasteiger partial charge in [-0.05, 0) is 73.0 Å². The predicted octanol–water partition coefficient (Wildman–Crippen LogP) is 6.17. The third kappa shape index (κ3) is 7.25. The van der Waals surface area contributed by atoms with Crippen LogP contribution in [0.2, 0.25) is 0 Å². The molecule has 0 saturated carbocycles. The maximum Gasteiger partial charge on any atom is 0.417 e. The van der Waals surface area contributed by atoms with Crippen molar-refractivity contribution < 1.29 is 33.7 Å². The van der Waals surface area contributed by atoms with Gasteiger partial charge in [0.1, 0.15) is 11.5 Å². The van der Waals surface area contributed by atoms with Crippen molar-refractivity contribution in [1.82, 2.24) is 5.32 Å². The van der Waals surface area contributed by atoms with Crippen LogP contribution >= 0.6 is 0 Å². The van der Waals surface area contributed by atoms with E-state index in [1.165, 1.54) is 27.2 Å². The number of aromatic hydroxyl groups is 1. The van der Waals surface area contributed by atoms with Crippen LogP contribution in [0.1, 0.15) is 51.1 Å². The number of ether oxygens (including phenoxy) is 3. The van der Waals surface area contributed by atoms with Gasteiger partial charge in [-0.1, -0.05) is 42.5 Å². The monoisotopic (exact) mass is 568 g/mol. The Balaban J connectivity index is 1.61. The van der Waals surface area contributed by atoms with Crippen LogP contribution in [0, 0.1) is 0 Å². The standard InChI is InChI=1S/C33H32N2O7/c1-21(36)27-19-30(40-2)31(41-3)20-28(27)25(17-18-34-32(38)26-11-7-8-12-29(26)37)22-13-15-23(16-14-22)35-33(39)42-24-9-5-4-6-10-24/h4-16,19-20,25,37H,17-18H2,1-3H3,(H,34,38)(H,35,39). The third-order valence-electron chi connectivity index (χ3n) is 6.69. The van der Waals surface area contributed by atoms with Crippen LogP contribution in [-0.2, 0) is 0 Å². The van der Waals surface area contributed by atoms with E-state index in [4.69, 9.17) is 14.2 Å². The fourth-order valence-electron chi connectivity index (χ4n) is 4.62. The lowest BCUT2D eigenvalue weighted by molar-refractivity contribution is 0.0948. The Kier molecular flexibility index (Phi) is 9.78. The van der Waals surface area contributed by atoms with Crippen molar-refractivity contribution in [3.63, 3.8) is 0 Å². The second-order valence-electron chi connectivity index (χ2n) is 9.41. The summed E-state index contributed by atoms with van der Waals surface area (Å²) in [4.78, 5) is 37.9. The summed E-state index contributed by atoms with van der Waals surface area (Å²) < 4.78 is 16.3. The van der Waals surface area contributed by atoms with E-state index in [2.05, 4.69) is 10.6 Å². The molecule has 9 nitrogen and oxygen atoms in total. The maximum absolute atomic E-state index is 12.7. The van der Waals surface area contributed by atoms with Gasteiger partial charge in [0.15, 0.2) is 17.3 Å². The zero-order chi connectivity index (χ0) is 30.1. The summed E-state index contributed by atoms with van der Waals surface area (Å²) >= 11 is 0. The van der Waals surface area contributed by atoms with E-state index in [0.29, 0.717) is 40.5 Å². The lowest BCUT2D eigenvalue weighted by Gasteiger charge is -2.23. The number of carbonyl (C=O) groups excluding carboxylic acids is 3. The fraction of sp³-hybridized carbons (Fsp3) is 0.182. The molecular formula is C33H32N2O7. The lowest BCUT2D eigenvalue weighted by atomic mass is 9.84. The molecule has 0 fully saturated rings. The minimum atomic E-state index is -0.629. The molecule has 0 aliphatic rings. The van der Waals surface area contributed by atoms with E-state index in [9.17, 15) is 19.5 Å². The normalized spacial score (nSPS) is 11.2. The van der Waals surface area contributed by atoms with Gasteiger partial charge in [-0.15, -0.1) is 0 Å². The van der Waals surface area contributed by atoms with Gasteiger partial charge in [0.25, 0.3) is 5.91 Å². The van der Waals surface area contributed by atoms with Crippen LogP contribution in [0.4, 0.5) is 10.5 Å². The SMILES string of the molecule is COc1cc(C(C)=O)c(C(CCNC(=O)c2ccccc2O)c2ccc(NC(=O)Oc3ccccc3)cc2)cc1OC. The van der Waals surface area contributed by atoms with Crippen molar-refractivity contribution in [2.24, 2.45) is 0 Å². The molecule has 4 rings (SSSR count). The van der Waals surface area contributed by atoms with Gasteiger partial charge in [-0.25, -0.2) is 4.79 Å². The number of anilines is 1. The number of carbonyl (C=O) groups is 3. The van der Waals surface area contributed by atoms with Crippen LogP contribution in [0.25, 0.3) is 0 Å². The first kappa shape index (κ1) is 29.7. The Hall–Kier alpha value is -5.31. The molecule has 1 unspecified atom stereocenters. The molecule has 0 aliphatic heterocycles. The van der Waals surface area contributed by atoms with E-state index in [-0.39, 0.29) is 29.6 Å². The maximum atomic E-state index is 12.7. The number of rotatable bonds is 11. The minimum Gasteiger partial charge on any atom is -0.507 e. The second kappa shape index (κ2) is 13.8. The third-order valence-corrected chi connectivity index (χ3v) is 6.69. The Morgan fingerprint density at radius 2 is 1.45 bits per heavy atom. The molecule has 9 heteroatoms. The highest BCUT2D eigenvalue weighted by Crippen LogP contribution is 2.38. The number of hydrogen-bond acceptors (Lipinski definition) is 7. The number of amides is 2. The molecule has 0 spiro atoms. The number of hydrogen-bond donors (Lipinski definition) is 3. The lowest BCUT2D eigenvalue weighted by Crippen LogP contribution is -2.26. The van der Waals surface area contributed by atoms with Crippen molar-refractivity contribution in [2.75, 3.05) is 26.1 Å². The van der Waals surface area contributed by atoms with Crippen LogP contribution in [-0.4, -0.2) is 43.7 Å². The first-order valence-corrected chi connectivity index (χ1v) is 13.3. The van der Waals surface area contributed by atoms with Crippen LogP contribution in [0.15, 0.2) is 91.0 Å². The Bertz CT molecular complexity index is 1550. The van der Waals surface area contributed by atoms with Gasteiger partial charge in [-0.3, -0.25) is 14.9 Å². The highest BCUT2D eigenvalue weighted by Gasteiger charge is 2.23. The number of Topliss-reactive ketones (excluding diaryl/α,β-unsaturated/α-hetero) is 1. The highest BCUT2D eigenvalue weighted by atomic mass is 16.6. The molecule has 0 aliphatic carbocycles. The number of benzene rings is 4. The van der Waals surface area contributed by atoms with Crippen molar-refractivity contribution in [3.8, 4) is 23.0 Å². The summed E-state index contributed by atoms with van der Waals surface area (Å²) in [5.41, 5.74) is 2.68. The molecule has 0 radical (unpaired) electrons. The zero-order valence-corrected chi connectivity index (χ0v) is 23.5. The summed E-state index contributed by atoms with van der Waals surface area (Å²) in [5.74, 6) is 0.274. The molecular weight excluding hydrogens is 536 g/mol. The van der Waals surface area contributed by atoms with Gasteiger partial charge in [-0.2, -0.15) is 0 Å². The van der Waals surface area contributed by atoms with Gasteiger partial charge in [0.05, 0.1) is 19.8 Å². The molecule has 2 amide bonds. The summed E-state index contributed by atoms with van der Waals surface area (Å²) in [7, 11) is 3.02. The van der Waals surface area contributed by atoms with Crippen LogP contribution in [0.3, 0.4) is 0 Å². The Morgan fingerprint density at radius 3 is 2.10 bits per heavy atom. The summed E-state index contributed by atoms with van der Waals surface area (Å²) in [5, 5.41) is 15.6. The molecule has 0 heterocycles. The fourth-order valence-corrected chi connectivity index (χ4v) is 4.62. The van der Waals surface area contributed by atoms with Crippen LogP contribution in [0.5, 0.6) is 23.0 Å². The number of methoxy groups -OCH3 is 2. The van der Waals surface area contributed by atoms with Gasteiger partial charge in [0, 0.05) is 23.7 Å². The van der Waals surface area contributed by atoms with E-state index in [0.717, 1.165) is 5.56 Å². The zero-order valence-electron chi connectivity index (χ0n) is 23.5. The second-order valence-corrected chi connectivity index (χ2v) is 9.41. The number of phenolic OH excluding ortho intramolecular Hbond substituents is 1. The Labute approximate surface area is 244 Å². The van der Waals surface area contributed by atoms with E-state index in [1.54, 1.807) is 66.7 Å². The van der Waals surface area contributed by atoms with E-state index >= 15 is 0 Å². The molecule has 216 valence electrons. The first-order chi connectivity index (χ1) is 20.3. The average molecular weight is 569 g/mol. The molecule has 4 aromatic rings. The molecule has 4 aromatic carbocycles. The molecule has 0 saturated heterocycles. The molecule has 42 heavy (non-hydrogen) atoms. The van der Waals surface area contributed by atoms with Gasteiger partial charge < -0.3 is 24.6 Å². The summed E-state index contributed by atoms with van der Waals surface area (Å²) in [6.45, 7) is 1.72. The molecule has 1 atom stereocenters. The van der Waals surface area contributed by atoms with Crippen molar-refractivity contribution >= 4 is 23.5 Å². The minimum absolute atomic E-state index is 0.112. The Morgan fingerprint density at radius 1 is 0.810 bits per heavy atom. The van der Waals surface area contributed by atoms with Crippen molar-refractivity contribution in [1.29, 1.82) is 0 Å². The van der Waals surface area contributed by atoms with E-state index in [1.807, 2.05) is 18.2 Å². The van der Waals surface area contributed by atoms with Gasteiger partial charge in [0.2, 0.25) is 0 Å². The highest BCUT2D eigenvalue weighted by molar-refractivity contribution is 5.97. The quantitative estimate of drug-likeness (QED) is 0.185. The summed E-state index contributed by atoms with van der Waals surface area (Å²) in [6.07, 6.45) is -0.214. The first-order valence-electron chi connectivity index (χ1n) is 13.3. The number of ketones is 1. The predicted molar refractivity (Wildman–Crippen MR) is 159 cm³/mol. The summed E-state index contributed by atoms with van der Waals surface area (Å²) in [6, 6.07) is 25.6. The molecule has 0 aromatic heterocycles.